The van der Waals surface area contributed by atoms with Gasteiger partial charge in [-0.15, -0.1) is 0 Å². The lowest BCUT2D eigenvalue weighted by atomic mass is 10.1. The molecule has 4 unspecified atom stereocenters. The van der Waals surface area contributed by atoms with E-state index in [0.717, 1.165) is 5.69 Å². The number of carboxylic acid groups (broad SMARTS) is 2. The van der Waals surface area contributed by atoms with Gasteiger partial charge in [0.2, 0.25) is 5.91 Å². The number of rotatable bonds is 9. The zero-order valence-electron chi connectivity index (χ0n) is 17.1. The lowest BCUT2D eigenvalue weighted by molar-refractivity contribution is -0.140. The van der Waals surface area contributed by atoms with Crippen LogP contribution in [0, 0.1) is 0 Å². The van der Waals surface area contributed by atoms with Gasteiger partial charge in [-0.05, 0) is 30.7 Å². The summed E-state index contributed by atoms with van der Waals surface area (Å²) in [5.41, 5.74) is 6.68. The van der Waals surface area contributed by atoms with Gasteiger partial charge in [-0.3, -0.25) is 36.1 Å². The number of benzene rings is 1. The zero-order valence-corrected chi connectivity index (χ0v) is 17.1. The molecule has 3 rings (SSSR count). The van der Waals surface area contributed by atoms with Crippen molar-refractivity contribution in [2.45, 2.75) is 43.4 Å². The maximum atomic E-state index is 12.3. The molecule has 0 spiro atoms. The lowest BCUT2D eigenvalue weighted by Crippen LogP contribution is -2.78. The number of hydrogen-bond acceptors (Lipinski definition) is 9. The number of nitrogens with one attached hydrogen (secondary N) is 6. The molecule has 0 bridgehead atoms. The van der Waals surface area contributed by atoms with E-state index in [9.17, 15) is 19.2 Å². The second-order valence-electron chi connectivity index (χ2n) is 7.64. The molecule has 2 amide bonds. The molecular formula is C19H27N7O6. The van der Waals surface area contributed by atoms with E-state index >= 15 is 0 Å². The van der Waals surface area contributed by atoms with Crippen LogP contribution in [0.25, 0.3) is 0 Å². The van der Waals surface area contributed by atoms with Crippen molar-refractivity contribution in [3.63, 3.8) is 0 Å². The Morgan fingerprint density at radius 2 is 1.88 bits per heavy atom. The van der Waals surface area contributed by atoms with Crippen molar-refractivity contribution >= 4 is 29.4 Å². The minimum atomic E-state index is -1.29. The zero-order chi connectivity index (χ0) is 23.3. The molecule has 1 aromatic rings. The Hall–Kier alpha value is -3.26. The maximum Gasteiger partial charge on any atom is 0.326 e. The molecule has 0 aliphatic carbocycles. The number of piperazine rings is 1. The van der Waals surface area contributed by atoms with Crippen LogP contribution in [-0.4, -0.2) is 77.6 Å². The first kappa shape index (κ1) is 23.4. The number of nitrogens with two attached hydrogens (primary N) is 1. The van der Waals surface area contributed by atoms with Gasteiger partial charge in [0, 0.05) is 36.8 Å². The largest absolute Gasteiger partial charge is 0.481 e. The van der Waals surface area contributed by atoms with Gasteiger partial charge < -0.3 is 26.2 Å². The van der Waals surface area contributed by atoms with Crippen molar-refractivity contribution < 1.29 is 29.4 Å². The molecule has 0 aromatic heterocycles. The molecule has 0 radical (unpaired) electrons. The van der Waals surface area contributed by atoms with Gasteiger partial charge in [0.15, 0.2) is 0 Å². The number of carbonyl (C=O) groups excluding carboxylic acids is 2. The van der Waals surface area contributed by atoms with E-state index < -0.39 is 36.2 Å². The van der Waals surface area contributed by atoms with Gasteiger partial charge in [-0.2, -0.15) is 0 Å². The quantitative estimate of drug-likeness (QED) is 0.190. The van der Waals surface area contributed by atoms with Crippen LogP contribution in [0.15, 0.2) is 24.3 Å². The Morgan fingerprint density at radius 1 is 1.16 bits per heavy atom. The highest BCUT2D eigenvalue weighted by Gasteiger charge is 2.39. The molecule has 0 saturated carbocycles. The van der Waals surface area contributed by atoms with Crippen LogP contribution in [0.2, 0.25) is 0 Å². The van der Waals surface area contributed by atoms with Crippen LogP contribution < -0.4 is 37.6 Å². The standard InChI is InChI=1S/C19H27N7O6/c20-19-25-15-14(17(30)26-19)23-11(8-22-15)7-21-10-3-1-9(2-4-10)16(29)24-12(18(31)32)5-6-13(27)28/h1-4,11-12,14-15,19,21-23,25H,5-8,20H2,(H,24,29)(H,26,30)(H,27,28)(H,31,32)/t11?,12-,14?,15?,19?/m0/s1. The average Bonchev–Trinajstić information content (AvgIpc) is 2.75. The Morgan fingerprint density at radius 3 is 2.53 bits per heavy atom. The molecule has 1 aromatic carbocycles. The average molecular weight is 449 g/mol. The lowest BCUT2D eigenvalue weighted by Gasteiger charge is -2.42. The predicted molar refractivity (Wildman–Crippen MR) is 112 cm³/mol. The van der Waals surface area contributed by atoms with E-state index in [1.54, 1.807) is 12.1 Å². The minimum Gasteiger partial charge on any atom is -0.481 e. The number of amides is 2. The number of carboxylic acids is 2. The molecule has 5 atom stereocenters. The highest BCUT2D eigenvalue weighted by atomic mass is 16.4. The third kappa shape index (κ3) is 6.13. The minimum absolute atomic E-state index is 0.0355. The summed E-state index contributed by atoms with van der Waals surface area (Å²) in [5, 5.41) is 35.6. The van der Waals surface area contributed by atoms with Gasteiger partial charge in [0.05, 0.1) is 6.17 Å². The fraction of sp³-hybridized carbons (Fsp3) is 0.474. The molecule has 2 fully saturated rings. The molecule has 13 heteroatoms. The number of carbonyl (C=O) groups is 4. The highest BCUT2D eigenvalue weighted by Crippen LogP contribution is 2.12. The molecule has 2 aliphatic rings. The van der Waals surface area contributed by atoms with Crippen molar-refractivity contribution in [3.05, 3.63) is 29.8 Å². The predicted octanol–water partition coefficient (Wildman–Crippen LogP) is -2.64. The van der Waals surface area contributed by atoms with Crippen LogP contribution in [0.4, 0.5) is 5.69 Å². The Bertz CT molecular complexity index is 864. The Labute approximate surface area is 183 Å². The second kappa shape index (κ2) is 10.4. The summed E-state index contributed by atoms with van der Waals surface area (Å²) in [4.78, 5) is 46.3. The molecule has 2 saturated heterocycles. The van der Waals surface area contributed by atoms with E-state index in [1.807, 2.05) is 0 Å². The molecule has 32 heavy (non-hydrogen) atoms. The van der Waals surface area contributed by atoms with Crippen molar-refractivity contribution in [1.82, 2.24) is 26.6 Å². The van der Waals surface area contributed by atoms with Gasteiger partial charge in [0.1, 0.15) is 18.4 Å². The second-order valence-corrected chi connectivity index (χ2v) is 7.64. The van der Waals surface area contributed by atoms with E-state index in [-0.39, 0.29) is 36.5 Å². The molecule has 174 valence electrons. The van der Waals surface area contributed by atoms with E-state index in [2.05, 4.69) is 31.9 Å². The SMILES string of the molecule is NC1NC(=O)C2NC(CNc3ccc(C(=O)N[C@@H](CCC(=O)O)C(=O)O)cc3)CNC2N1. The smallest absolute Gasteiger partial charge is 0.326 e. The number of hydrogen-bond donors (Lipinski definition) is 9. The van der Waals surface area contributed by atoms with Gasteiger partial charge in [-0.1, -0.05) is 0 Å². The van der Waals surface area contributed by atoms with Gasteiger partial charge in [0.25, 0.3) is 5.91 Å². The number of fused-ring (bicyclic) bond motifs is 1. The summed E-state index contributed by atoms with van der Waals surface area (Å²) in [6, 6.07) is 4.65. The normalized spacial score (nSPS) is 25.7. The van der Waals surface area contributed by atoms with E-state index in [1.165, 1.54) is 12.1 Å². The Kier molecular flexibility index (Phi) is 7.58. The first-order valence-electron chi connectivity index (χ1n) is 10.1. The fourth-order valence-electron chi connectivity index (χ4n) is 3.53. The highest BCUT2D eigenvalue weighted by molar-refractivity contribution is 5.97. The van der Waals surface area contributed by atoms with Crippen molar-refractivity contribution in [1.29, 1.82) is 0 Å². The first-order valence-corrected chi connectivity index (χ1v) is 10.1. The summed E-state index contributed by atoms with van der Waals surface area (Å²) in [7, 11) is 0. The molecule has 10 N–H and O–H groups in total. The monoisotopic (exact) mass is 449 g/mol. The molecule has 2 aliphatic heterocycles. The molecular weight excluding hydrogens is 422 g/mol. The van der Waals surface area contributed by atoms with E-state index in [4.69, 9.17) is 15.9 Å². The summed E-state index contributed by atoms with van der Waals surface area (Å²) >= 11 is 0. The fourth-order valence-corrected chi connectivity index (χ4v) is 3.53. The van der Waals surface area contributed by atoms with Crippen LogP contribution in [0.1, 0.15) is 23.2 Å². The van der Waals surface area contributed by atoms with Gasteiger partial charge in [-0.25, -0.2) is 4.79 Å². The summed E-state index contributed by atoms with van der Waals surface area (Å²) in [6.45, 7) is 1.12. The topological polar surface area (TPSA) is 207 Å². The van der Waals surface area contributed by atoms with Crippen molar-refractivity contribution in [2.75, 3.05) is 18.4 Å². The number of aliphatic carboxylic acids is 2. The van der Waals surface area contributed by atoms with Crippen LogP contribution in [0.3, 0.4) is 0 Å². The maximum absolute atomic E-state index is 12.3. The first-order chi connectivity index (χ1) is 15.2. The number of anilines is 1. The van der Waals surface area contributed by atoms with Crippen LogP contribution in [-0.2, 0) is 14.4 Å². The van der Waals surface area contributed by atoms with Gasteiger partial charge >= 0.3 is 11.9 Å². The molecule has 2 heterocycles. The van der Waals surface area contributed by atoms with Crippen molar-refractivity contribution in [2.24, 2.45) is 5.73 Å². The third-order valence-corrected chi connectivity index (χ3v) is 5.22. The van der Waals surface area contributed by atoms with Crippen LogP contribution >= 0.6 is 0 Å². The summed E-state index contributed by atoms with van der Waals surface area (Å²) < 4.78 is 0. The van der Waals surface area contributed by atoms with E-state index in [0.29, 0.717) is 13.1 Å². The Balaban J connectivity index is 1.49. The van der Waals surface area contributed by atoms with Crippen molar-refractivity contribution in [3.8, 4) is 0 Å². The third-order valence-electron chi connectivity index (χ3n) is 5.22. The summed E-state index contributed by atoms with van der Waals surface area (Å²) in [5.74, 6) is -3.22. The van der Waals surface area contributed by atoms with Crippen LogP contribution in [0.5, 0.6) is 0 Å². The summed E-state index contributed by atoms with van der Waals surface area (Å²) in [6.07, 6.45) is -1.42. The molecule has 13 nitrogen and oxygen atoms in total.